The van der Waals surface area contributed by atoms with Gasteiger partial charge in [-0.15, -0.1) is 11.3 Å². The Morgan fingerprint density at radius 3 is 2.79 bits per heavy atom. The number of halogens is 1. The van der Waals surface area contributed by atoms with Crippen molar-refractivity contribution in [1.29, 1.82) is 0 Å². The maximum atomic E-state index is 13.2. The molecular formula is C18H15ClN2O6S2. The van der Waals surface area contributed by atoms with Gasteiger partial charge < -0.3 is 14.0 Å². The summed E-state index contributed by atoms with van der Waals surface area (Å²) in [6, 6.07) is 3.94. The first-order valence-corrected chi connectivity index (χ1v) is 10.8. The summed E-state index contributed by atoms with van der Waals surface area (Å²) in [4.78, 5) is 12.5. The molecule has 0 aliphatic carbocycles. The van der Waals surface area contributed by atoms with Crippen LogP contribution in [0.2, 0.25) is 5.02 Å². The quantitative estimate of drug-likeness (QED) is 0.558. The second-order valence-corrected chi connectivity index (χ2v) is 8.98. The van der Waals surface area contributed by atoms with Crippen LogP contribution in [0, 0.1) is 13.8 Å². The molecule has 152 valence electrons. The number of fused-ring (bicyclic) bond motifs is 1. The van der Waals surface area contributed by atoms with Crippen LogP contribution in [0.25, 0.3) is 0 Å². The molecule has 1 N–H and O–H groups in total. The predicted molar refractivity (Wildman–Crippen MR) is 107 cm³/mol. The Balaban J connectivity index is 1.70. The maximum absolute atomic E-state index is 13.2. The topological polar surface area (TPSA) is 108 Å². The van der Waals surface area contributed by atoms with Gasteiger partial charge in [-0.3, -0.25) is 4.79 Å². The van der Waals surface area contributed by atoms with Crippen LogP contribution >= 0.6 is 22.9 Å². The van der Waals surface area contributed by atoms with E-state index in [1.54, 1.807) is 6.92 Å². The summed E-state index contributed by atoms with van der Waals surface area (Å²) in [5.74, 6) is -0.985. The van der Waals surface area contributed by atoms with Crippen molar-refractivity contribution in [2.75, 3.05) is 11.5 Å². The van der Waals surface area contributed by atoms with Gasteiger partial charge >= 0.3 is 0 Å². The third-order valence-corrected chi connectivity index (χ3v) is 6.89. The monoisotopic (exact) mass is 457 g/mol. The third kappa shape index (κ3) is 3.70. The van der Waals surface area contributed by atoms with Crippen molar-refractivity contribution in [3.05, 3.63) is 50.3 Å². The number of sulfonamides is 1. The molecular weight excluding hydrogens is 440 g/mol. The number of ether oxygens (including phenoxy) is 2. The van der Waals surface area contributed by atoms with Gasteiger partial charge in [-0.25, -0.2) is 13.1 Å². The largest absolute Gasteiger partial charge is 0.454 e. The first-order valence-electron chi connectivity index (χ1n) is 9.67. The molecule has 4 rings (SSSR count). The second-order valence-electron chi connectivity index (χ2n) is 6.03. The molecule has 3 aromatic rings. The molecule has 0 bridgehead atoms. The average Bonchev–Trinajstić information content (AvgIpc) is 3.41. The number of rotatable bonds is 6. The minimum absolute atomic E-state index is 0.0300. The van der Waals surface area contributed by atoms with Crippen LogP contribution in [0.15, 0.2) is 33.0 Å². The van der Waals surface area contributed by atoms with Crippen LogP contribution in [-0.4, -0.2) is 26.1 Å². The molecule has 1 aliphatic heterocycles. The fraction of sp³-hybridized carbons (Fsp3) is 0.222. The van der Waals surface area contributed by atoms with Crippen molar-refractivity contribution >= 4 is 44.6 Å². The number of aromatic nitrogens is 1. The maximum Gasteiger partial charge on any atom is 0.265 e. The molecule has 8 nitrogen and oxygen atoms in total. The SMILES string of the molecule is [2H]C1Oc2cc(C)c(C([2H])([2H])C(=O)c3sccc3S(=O)(=O)Nc3onc(C)c3Cl)cc2O1. The fourth-order valence-electron chi connectivity index (χ4n) is 2.56. The zero-order chi connectivity index (χ0) is 23.4. The highest BCUT2D eigenvalue weighted by atomic mass is 35.5. The van der Waals surface area contributed by atoms with E-state index in [9.17, 15) is 13.2 Å². The summed E-state index contributed by atoms with van der Waals surface area (Å²) >= 11 is 6.75. The van der Waals surface area contributed by atoms with Crippen LogP contribution in [0.5, 0.6) is 11.5 Å². The van der Waals surface area contributed by atoms with E-state index in [0.29, 0.717) is 5.56 Å². The molecule has 0 saturated carbocycles. The lowest BCUT2D eigenvalue weighted by atomic mass is 10.0. The van der Waals surface area contributed by atoms with E-state index in [1.807, 2.05) is 0 Å². The Morgan fingerprint density at radius 2 is 2.10 bits per heavy atom. The smallest absolute Gasteiger partial charge is 0.265 e. The zero-order valence-electron chi connectivity index (χ0n) is 18.0. The molecule has 3 heterocycles. The number of hydrogen-bond acceptors (Lipinski definition) is 8. The zero-order valence-corrected chi connectivity index (χ0v) is 17.4. The molecule has 0 radical (unpaired) electrons. The Hall–Kier alpha value is -2.56. The normalized spacial score (nSPS) is 17.5. The number of hydrogen-bond donors (Lipinski definition) is 1. The lowest BCUT2D eigenvalue weighted by Crippen LogP contribution is -2.16. The molecule has 0 fully saturated rings. The van der Waals surface area contributed by atoms with Gasteiger partial charge in [0.1, 0.15) is 17.0 Å². The summed E-state index contributed by atoms with van der Waals surface area (Å²) in [6.45, 7) is 1.81. The van der Waals surface area contributed by atoms with Gasteiger partial charge in [-0.1, -0.05) is 16.8 Å². The van der Waals surface area contributed by atoms with Gasteiger partial charge in [0.2, 0.25) is 6.77 Å². The number of nitrogens with zero attached hydrogens (tertiary/aromatic N) is 1. The highest BCUT2D eigenvalue weighted by Gasteiger charge is 2.27. The number of thiophene rings is 1. The number of carbonyl (C=O) groups excluding carboxylic acids is 1. The van der Waals surface area contributed by atoms with Gasteiger partial charge in [-0.2, -0.15) is 0 Å². The fourth-order valence-corrected chi connectivity index (χ4v) is 5.05. The molecule has 1 aliphatic rings. The van der Waals surface area contributed by atoms with Crippen molar-refractivity contribution in [2.24, 2.45) is 0 Å². The van der Waals surface area contributed by atoms with Crippen molar-refractivity contribution in [3.8, 4) is 11.5 Å². The molecule has 29 heavy (non-hydrogen) atoms. The number of aryl methyl sites for hydroxylation is 2. The van der Waals surface area contributed by atoms with Gasteiger partial charge in [0.15, 0.2) is 17.3 Å². The first-order chi connectivity index (χ1) is 14.9. The summed E-state index contributed by atoms with van der Waals surface area (Å²) < 4.78 is 67.6. The van der Waals surface area contributed by atoms with E-state index < -0.39 is 33.8 Å². The number of carbonyl (C=O) groups is 1. The van der Waals surface area contributed by atoms with Crippen LogP contribution < -0.4 is 14.2 Å². The molecule has 1 unspecified atom stereocenters. The highest BCUT2D eigenvalue weighted by molar-refractivity contribution is 7.93. The molecule has 0 amide bonds. The van der Waals surface area contributed by atoms with E-state index in [-0.39, 0.29) is 38.5 Å². The van der Waals surface area contributed by atoms with E-state index in [1.165, 1.54) is 30.5 Å². The van der Waals surface area contributed by atoms with Crippen molar-refractivity contribution in [1.82, 2.24) is 5.16 Å². The number of Topliss-reactive ketones (excluding diaryl/α,β-unsaturated/α-hetero) is 1. The van der Waals surface area contributed by atoms with Crippen LogP contribution in [0.3, 0.4) is 0 Å². The number of ketones is 1. The minimum atomic E-state index is -4.34. The molecule has 11 heteroatoms. The van der Waals surface area contributed by atoms with Gasteiger partial charge in [-0.05, 0) is 48.6 Å². The van der Waals surface area contributed by atoms with Crippen molar-refractivity contribution < 1.29 is 31.3 Å². The first kappa shape index (κ1) is 16.3. The van der Waals surface area contributed by atoms with Gasteiger partial charge in [0, 0.05) is 9.11 Å². The Kier molecular flexibility index (Phi) is 4.13. The van der Waals surface area contributed by atoms with E-state index in [4.69, 9.17) is 29.7 Å². The van der Waals surface area contributed by atoms with E-state index in [0.717, 1.165) is 11.3 Å². The summed E-state index contributed by atoms with van der Waals surface area (Å²) in [5.41, 5.74) is 0.621. The lowest BCUT2D eigenvalue weighted by Gasteiger charge is -2.09. The molecule has 1 aromatic carbocycles. The Labute approximate surface area is 179 Å². The number of nitrogens with one attached hydrogen (secondary N) is 1. The molecule has 1 atom stereocenters. The lowest BCUT2D eigenvalue weighted by molar-refractivity contribution is 0.0994. The minimum Gasteiger partial charge on any atom is -0.454 e. The predicted octanol–water partition coefficient (Wildman–Crippen LogP) is 3.96. The van der Waals surface area contributed by atoms with E-state index >= 15 is 0 Å². The van der Waals surface area contributed by atoms with Gasteiger partial charge in [0.05, 0.1) is 4.88 Å². The Morgan fingerprint density at radius 1 is 1.38 bits per heavy atom. The van der Waals surface area contributed by atoms with Gasteiger partial charge in [0.25, 0.3) is 15.9 Å². The van der Waals surface area contributed by atoms with E-state index in [2.05, 4.69) is 9.88 Å². The number of anilines is 1. The van der Waals surface area contributed by atoms with Crippen LogP contribution in [0.1, 0.15) is 30.6 Å². The van der Waals surface area contributed by atoms with Crippen molar-refractivity contribution in [3.63, 3.8) is 0 Å². The Bertz CT molecular complexity index is 1340. The third-order valence-electron chi connectivity index (χ3n) is 4.03. The molecule has 2 aromatic heterocycles. The van der Waals surface area contributed by atoms with Crippen LogP contribution in [0.4, 0.5) is 5.88 Å². The average molecular weight is 458 g/mol. The summed E-state index contributed by atoms with van der Waals surface area (Å²) in [6.07, 6.45) is -2.60. The number of benzene rings is 1. The standard InChI is InChI=1S/C18H15ClN2O6S2/c1-9-5-13-14(26-8-25-13)7-11(9)6-12(22)17-15(3-4-28-17)29(23,24)21-18-16(19)10(2)20-27-18/h3-5,7,21H,6,8H2,1-2H3/i6D2,8D. The second kappa shape index (κ2) is 7.36. The molecule has 0 spiro atoms. The highest BCUT2D eigenvalue weighted by Crippen LogP contribution is 2.36. The summed E-state index contributed by atoms with van der Waals surface area (Å²) in [5, 5.41) is 4.90. The van der Waals surface area contributed by atoms with Crippen LogP contribution in [-0.2, 0) is 16.4 Å². The molecule has 0 saturated heterocycles. The summed E-state index contributed by atoms with van der Waals surface area (Å²) in [7, 11) is -4.34. The van der Waals surface area contributed by atoms with Crippen molar-refractivity contribution in [2.45, 2.75) is 25.1 Å².